The Kier molecular flexibility index (Phi) is 5.26. The maximum Gasteiger partial charge on any atom is 0.269 e. The summed E-state index contributed by atoms with van der Waals surface area (Å²) >= 11 is 0. The maximum atomic E-state index is 11.8. The van der Waals surface area contributed by atoms with E-state index >= 15 is 0 Å². The highest BCUT2D eigenvalue weighted by molar-refractivity contribution is 5.92. The van der Waals surface area contributed by atoms with E-state index in [-0.39, 0.29) is 5.91 Å². The van der Waals surface area contributed by atoms with Gasteiger partial charge in [-0.05, 0) is 30.2 Å². The van der Waals surface area contributed by atoms with Crippen molar-refractivity contribution in [3.8, 4) is 0 Å². The summed E-state index contributed by atoms with van der Waals surface area (Å²) in [6.45, 7) is 5.39. The number of hydrogen-bond acceptors (Lipinski definition) is 4. The Morgan fingerprint density at radius 1 is 1.19 bits per heavy atom. The fraction of sp³-hybridized carbons (Fsp3) is 0.312. The van der Waals surface area contributed by atoms with Crippen molar-refractivity contribution in [2.24, 2.45) is 5.92 Å². The van der Waals surface area contributed by atoms with E-state index in [4.69, 9.17) is 0 Å². The van der Waals surface area contributed by atoms with Gasteiger partial charge in [-0.3, -0.25) is 9.78 Å². The molecule has 2 rings (SSSR count). The second kappa shape index (κ2) is 7.38. The van der Waals surface area contributed by atoms with Crippen molar-refractivity contribution < 1.29 is 4.79 Å². The fourth-order valence-corrected chi connectivity index (χ4v) is 1.72. The van der Waals surface area contributed by atoms with E-state index in [1.54, 1.807) is 18.5 Å². The molecule has 1 amide bonds. The Bertz CT molecular complexity index is 567. The Labute approximate surface area is 124 Å². The van der Waals surface area contributed by atoms with Gasteiger partial charge in [0, 0.05) is 12.7 Å². The number of aromatic nitrogens is 2. The molecule has 0 aliphatic rings. The molecule has 0 atom stereocenters. The molecule has 0 unspecified atom stereocenters. The van der Waals surface area contributed by atoms with Crippen LogP contribution in [0.5, 0.6) is 0 Å². The lowest BCUT2D eigenvalue weighted by molar-refractivity contribution is 0.0944. The molecule has 0 saturated carbocycles. The largest absolute Gasteiger partial charge is 0.378 e. The summed E-state index contributed by atoms with van der Waals surface area (Å²) in [5.74, 6) is 0.285. The summed E-state index contributed by atoms with van der Waals surface area (Å²) in [6.07, 6.45) is 3.42. The number of nitrogens with zero attached hydrogens (tertiary/aromatic N) is 2. The van der Waals surface area contributed by atoms with Gasteiger partial charge in [-0.25, -0.2) is 4.98 Å². The number of nitrogens with one attached hydrogen (secondary N) is 2. The molecule has 0 spiro atoms. The molecule has 2 heterocycles. The van der Waals surface area contributed by atoms with E-state index in [1.807, 2.05) is 24.3 Å². The zero-order chi connectivity index (χ0) is 15.1. The van der Waals surface area contributed by atoms with Gasteiger partial charge in [0.15, 0.2) is 0 Å². The zero-order valence-electron chi connectivity index (χ0n) is 12.3. The highest BCUT2D eigenvalue weighted by Crippen LogP contribution is 2.08. The van der Waals surface area contributed by atoms with Crippen LogP contribution in [0.3, 0.4) is 0 Å². The van der Waals surface area contributed by atoms with Crippen LogP contribution in [0.25, 0.3) is 0 Å². The number of pyridine rings is 2. The van der Waals surface area contributed by atoms with Crippen LogP contribution in [0.2, 0.25) is 0 Å². The SMILES string of the molecule is CC(C)CNC(=O)c1ccc(NCc2ccccn2)cn1. The quantitative estimate of drug-likeness (QED) is 0.855. The van der Waals surface area contributed by atoms with Crippen LogP contribution in [0, 0.1) is 5.92 Å². The lowest BCUT2D eigenvalue weighted by Gasteiger charge is -2.08. The van der Waals surface area contributed by atoms with Gasteiger partial charge in [0.25, 0.3) is 5.91 Å². The molecule has 110 valence electrons. The van der Waals surface area contributed by atoms with Crippen molar-refractivity contribution in [3.63, 3.8) is 0 Å². The van der Waals surface area contributed by atoms with Gasteiger partial charge in [0.2, 0.25) is 0 Å². The molecule has 5 heteroatoms. The first-order valence-electron chi connectivity index (χ1n) is 7.03. The van der Waals surface area contributed by atoms with E-state index in [2.05, 4.69) is 34.4 Å². The molecule has 0 aliphatic carbocycles. The van der Waals surface area contributed by atoms with Gasteiger partial charge in [0.05, 0.1) is 24.1 Å². The van der Waals surface area contributed by atoms with Gasteiger partial charge in [-0.1, -0.05) is 19.9 Å². The first-order chi connectivity index (χ1) is 10.1. The highest BCUT2D eigenvalue weighted by Gasteiger charge is 2.07. The first kappa shape index (κ1) is 15.0. The van der Waals surface area contributed by atoms with Crippen LogP contribution in [0.1, 0.15) is 30.0 Å². The maximum absolute atomic E-state index is 11.8. The van der Waals surface area contributed by atoms with Gasteiger partial charge in [0.1, 0.15) is 5.69 Å². The number of carbonyl (C=O) groups excluding carboxylic acids is 1. The van der Waals surface area contributed by atoms with E-state index < -0.39 is 0 Å². The Balaban J connectivity index is 1.88. The van der Waals surface area contributed by atoms with Crippen LogP contribution in [0.4, 0.5) is 5.69 Å². The van der Waals surface area contributed by atoms with Gasteiger partial charge in [-0.15, -0.1) is 0 Å². The van der Waals surface area contributed by atoms with Crippen molar-refractivity contribution in [1.82, 2.24) is 15.3 Å². The zero-order valence-corrected chi connectivity index (χ0v) is 12.3. The number of anilines is 1. The van der Waals surface area contributed by atoms with Gasteiger partial charge in [-0.2, -0.15) is 0 Å². The van der Waals surface area contributed by atoms with E-state index in [1.165, 1.54) is 0 Å². The number of hydrogen-bond donors (Lipinski definition) is 2. The minimum Gasteiger partial charge on any atom is -0.378 e. The minimum absolute atomic E-state index is 0.139. The van der Waals surface area contributed by atoms with Crippen LogP contribution in [0.15, 0.2) is 42.7 Å². The van der Waals surface area contributed by atoms with Gasteiger partial charge >= 0.3 is 0 Å². The third-order valence-electron chi connectivity index (χ3n) is 2.87. The lowest BCUT2D eigenvalue weighted by Crippen LogP contribution is -2.27. The normalized spacial score (nSPS) is 10.4. The first-order valence-corrected chi connectivity index (χ1v) is 7.03. The predicted octanol–water partition coefficient (Wildman–Crippen LogP) is 2.47. The van der Waals surface area contributed by atoms with Crippen molar-refractivity contribution >= 4 is 11.6 Å². The van der Waals surface area contributed by atoms with E-state index in [0.717, 1.165) is 11.4 Å². The van der Waals surface area contributed by atoms with E-state index in [9.17, 15) is 4.79 Å². The van der Waals surface area contributed by atoms with Crippen molar-refractivity contribution in [2.75, 3.05) is 11.9 Å². The smallest absolute Gasteiger partial charge is 0.269 e. The summed E-state index contributed by atoms with van der Waals surface area (Å²) in [7, 11) is 0. The molecule has 2 aromatic rings. The summed E-state index contributed by atoms with van der Waals surface area (Å²) in [5.41, 5.74) is 2.25. The standard InChI is InChI=1S/C16H20N4O/c1-12(2)9-20-16(21)15-7-6-14(11-19-15)18-10-13-5-3-4-8-17-13/h3-8,11-12,18H,9-10H2,1-2H3,(H,20,21). The van der Waals surface area contributed by atoms with Crippen LogP contribution < -0.4 is 10.6 Å². The van der Waals surface area contributed by atoms with Crippen molar-refractivity contribution in [1.29, 1.82) is 0 Å². The second-order valence-corrected chi connectivity index (χ2v) is 5.21. The van der Waals surface area contributed by atoms with Crippen LogP contribution in [-0.4, -0.2) is 22.4 Å². The molecule has 0 radical (unpaired) electrons. The molecule has 0 saturated heterocycles. The van der Waals surface area contributed by atoms with Crippen molar-refractivity contribution in [2.45, 2.75) is 20.4 Å². The monoisotopic (exact) mass is 284 g/mol. The third kappa shape index (κ3) is 4.87. The Hall–Kier alpha value is -2.43. The lowest BCUT2D eigenvalue weighted by atomic mass is 10.2. The molecular formula is C16H20N4O. The second-order valence-electron chi connectivity index (χ2n) is 5.21. The number of rotatable bonds is 6. The summed E-state index contributed by atoms with van der Waals surface area (Å²) in [4.78, 5) is 20.2. The molecule has 0 bridgehead atoms. The molecule has 5 nitrogen and oxygen atoms in total. The van der Waals surface area contributed by atoms with Crippen LogP contribution >= 0.6 is 0 Å². The predicted molar refractivity (Wildman–Crippen MR) is 83.0 cm³/mol. The Morgan fingerprint density at radius 2 is 2.05 bits per heavy atom. The minimum atomic E-state index is -0.139. The molecule has 2 N–H and O–H groups in total. The highest BCUT2D eigenvalue weighted by atomic mass is 16.1. The fourth-order valence-electron chi connectivity index (χ4n) is 1.72. The molecular weight excluding hydrogens is 264 g/mol. The molecule has 0 fully saturated rings. The molecule has 0 aliphatic heterocycles. The van der Waals surface area contributed by atoms with Crippen molar-refractivity contribution in [3.05, 3.63) is 54.1 Å². The van der Waals surface area contributed by atoms with Gasteiger partial charge < -0.3 is 10.6 Å². The summed E-state index contributed by atoms with van der Waals surface area (Å²) in [6, 6.07) is 9.35. The van der Waals surface area contributed by atoms with E-state index in [0.29, 0.717) is 24.7 Å². The molecule has 0 aromatic carbocycles. The van der Waals surface area contributed by atoms with Crippen LogP contribution in [-0.2, 0) is 6.54 Å². The topological polar surface area (TPSA) is 66.9 Å². The third-order valence-corrected chi connectivity index (χ3v) is 2.87. The molecule has 2 aromatic heterocycles. The number of carbonyl (C=O) groups is 1. The average Bonchev–Trinajstić information content (AvgIpc) is 2.52. The average molecular weight is 284 g/mol. The number of amides is 1. The summed E-state index contributed by atoms with van der Waals surface area (Å²) in [5, 5.41) is 6.06. The Morgan fingerprint density at radius 3 is 2.67 bits per heavy atom. The summed E-state index contributed by atoms with van der Waals surface area (Å²) < 4.78 is 0. The molecule has 21 heavy (non-hydrogen) atoms.